The number of anilines is 1. The van der Waals surface area contributed by atoms with Gasteiger partial charge < -0.3 is 10.4 Å². The maximum absolute atomic E-state index is 11.3. The number of carboxylic acid groups (broad SMARTS) is 1. The Morgan fingerprint density at radius 1 is 1.26 bits per heavy atom. The van der Waals surface area contributed by atoms with E-state index in [0.717, 1.165) is 12.8 Å². The van der Waals surface area contributed by atoms with E-state index in [1.54, 1.807) is 18.7 Å². The van der Waals surface area contributed by atoms with Gasteiger partial charge in [0.15, 0.2) is 0 Å². The fraction of sp³-hybridized carbons (Fsp3) is 0.714. The number of hydrogen-bond acceptors (Lipinski definition) is 3. The molecule has 0 unspecified atom stereocenters. The number of aromatic carboxylic acids is 1. The summed E-state index contributed by atoms with van der Waals surface area (Å²) in [6.07, 6.45) is 8.57. The van der Waals surface area contributed by atoms with Crippen molar-refractivity contribution in [2.75, 3.05) is 5.32 Å². The molecule has 0 aromatic carbocycles. The van der Waals surface area contributed by atoms with Gasteiger partial charge in [0.25, 0.3) is 0 Å². The Morgan fingerprint density at radius 3 is 2.42 bits per heavy atom. The van der Waals surface area contributed by atoms with E-state index in [0.29, 0.717) is 23.1 Å². The van der Waals surface area contributed by atoms with Gasteiger partial charge in [-0.05, 0) is 19.8 Å². The second kappa shape index (κ2) is 6.08. The molecule has 2 rings (SSSR count). The van der Waals surface area contributed by atoms with Crippen molar-refractivity contribution in [1.29, 1.82) is 0 Å². The smallest absolute Gasteiger partial charge is 0.341 e. The van der Waals surface area contributed by atoms with Gasteiger partial charge in [-0.3, -0.25) is 4.68 Å². The molecule has 2 N–H and O–H groups in total. The first-order chi connectivity index (χ1) is 9.09. The number of carbonyl (C=O) groups is 1. The maximum atomic E-state index is 11.3. The van der Waals surface area contributed by atoms with Gasteiger partial charge in [-0.2, -0.15) is 5.10 Å². The van der Waals surface area contributed by atoms with Crippen LogP contribution < -0.4 is 5.32 Å². The molecule has 5 heteroatoms. The summed E-state index contributed by atoms with van der Waals surface area (Å²) >= 11 is 0. The van der Waals surface area contributed by atoms with E-state index in [2.05, 4.69) is 10.4 Å². The zero-order valence-electron chi connectivity index (χ0n) is 11.8. The van der Waals surface area contributed by atoms with Gasteiger partial charge in [0.1, 0.15) is 11.4 Å². The van der Waals surface area contributed by atoms with Crippen LogP contribution in [0, 0.1) is 6.92 Å². The number of carboxylic acids is 1. The molecule has 0 saturated heterocycles. The minimum atomic E-state index is -0.904. The average molecular weight is 265 g/mol. The highest BCUT2D eigenvalue weighted by Crippen LogP contribution is 2.24. The summed E-state index contributed by atoms with van der Waals surface area (Å²) in [7, 11) is 1.80. The van der Waals surface area contributed by atoms with Crippen molar-refractivity contribution in [1.82, 2.24) is 9.78 Å². The number of aromatic nitrogens is 2. The minimum absolute atomic E-state index is 0.310. The summed E-state index contributed by atoms with van der Waals surface area (Å²) in [5.41, 5.74) is 0.882. The lowest BCUT2D eigenvalue weighted by atomic mass is 9.96. The van der Waals surface area contributed by atoms with Gasteiger partial charge in [-0.25, -0.2) is 4.79 Å². The van der Waals surface area contributed by atoms with Crippen LogP contribution in [0.4, 0.5) is 5.82 Å². The van der Waals surface area contributed by atoms with E-state index in [4.69, 9.17) is 0 Å². The number of hydrogen-bond donors (Lipinski definition) is 2. The van der Waals surface area contributed by atoms with Crippen LogP contribution in [0.25, 0.3) is 0 Å². The predicted molar refractivity (Wildman–Crippen MR) is 74.6 cm³/mol. The molecule has 1 fully saturated rings. The van der Waals surface area contributed by atoms with Crippen LogP contribution >= 0.6 is 0 Å². The fourth-order valence-corrected chi connectivity index (χ4v) is 2.87. The van der Waals surface area contributed by atoms with Crippen molar-refractivity contribution in [2.45, 2.75) is 57.9 Å². The van der Waals surface area contributed by atoms with Gasteiger partial charge in [0, 0.05) is 13.1 Å². The second-order valence-electron chi connectivity index (χ2n) is 5.42. The molecule has 1 aliphatic carbocycles. The van der Waals surface area contributed by atoms with Crippen molar-refractivity contribution in [3.05, 3.63) is 11.3 Å². The topological polar surface area (TPSA) is 67.2 Å². The van der Waals surface area contributed by atoms with Crippen LogP contribution in [0.2, 0.25) is 0 Å². The van der Waals surface area contributed by atoms with E-state index < -0.39 is 5.97 Å². The summed E-state index contributed by atoms with van der Waals surface area (Å²) in [6, 6.07) is 0.369. The van der Waals surface area contributed by atoms with Gasteiger partial charge >= 0.3 is 5.97 Å². The Labute approximate surface area is 114 Å². The average Bonchev–Trinajstić information content (AvgIpc) is 2.57. The van der Waals surface area contributed by atoms with Crippen molar-refractivity contribution >= 4 is 11.8 Å². The van der Waals surface area contributed by atoms with Gasteiger partial charge in [0.2, 0.25) is 0 Å². The van der Waals surface area contributed by atoms with E-state index in [9.17, 15) is 9.90 Å². The third-order valence-electron chi connectivity index (χ3n) is 3.88. The first-order valence-electron chi connectivity index (χ1n) is 7.13. The monoisotopic (exact) mass is 265 g/mol. The number of rotatable bonds is 3. The summed E-state index contributed by atoms with van der Waals surface area (Å²) in [5.74, 6) is -0.255. The number of aryl methyl sites for hydroxylation is 2. The SMILES string of the molecule is Cc1nn(C)c(NC2CCCCCCC2)c1C(=O)O. The lowest BCUT2D eigenvalue weighted by molar-refractivity contribution is 0.0697. The fourth-order valence-electron chi connectivity index (χ4n) is 2.87. The van der Waals surface area contributed by atoms with Crippen LogP contribution in [0.15, 0.2) is 0 Å². The molecule has 1 saturated carbocycles. The molecule has 19 heavy (non-hydrogen) atoms. The Morgan fingerprint density at radius 2 is 1.84 bits per heavy atom. The van der Waals surface area contributed by atoms with Crippen LogP contribution in [0.5, 0.6) is 0 Å². The van der Waals surface area contributed by atoms with Crippen molar-refractivity contribution in [2.24, 2.45) is 7.05 Å². The largest absolute Gasteiger partial charge is 0.477 e. The Hall–Kier alpha value is -1.52. The zero-order chi connectivity index (χ0) is 13.8. The lowest BCUT2D eigenvalue weighted by Crippen LogP contribution is -2.23. The molecule has 0 aliphatic heterocycles. The van der Waals surface area contributed by atoms with Crippen LogP contribution in [0.1, 0.15) is 61.0 Å². The normalized spacial score (nSPS) is 17.8. The summed E-state index contributed by atoms with van der Waals surface area (Å²) < 4.78 is 1.65. The molecule has 5 nitrogen and oxygen atoms in total. The number of nitrogens with one attached hydrogen (secondary N) is 1. The van der Waals surface area contributed by atoms with Gasteiger partial charge in [0.05, 0.1) is 5.69 Å². The Balaban J connectivity index is 2.15. The summed E-state index contributed by atoms with van der Waals surface area (Å²) in [6.45, 7) is 1.74. The summed E-state index contributed by atoms with van der Waals surface area (Å²) in [4.78, 5) is 11.3. The molecule has 1 aliphatic rings. The van der Waals surface area contributed by atoms with Gasteiger partial charge in [-0.1, -0.05) is 32.1 Å². The molecule has 106 valence electrons. The predicted octanol–water partition coefficient (Wildman–Crippen LogP) is 2.95. The molecule has 0 radical (unpaired) electrons. The van der Waals surface area contributed by atoms with E-state index in [-0.39, 0.29) is 0 Å². The van der Waals surface area contributed by atoms with E-state index in [1.165, 1.54) is 32.1 Å². The third-order valence-corrected chi connectivity index (χ3v) is 3.88. The molecular weight excluding hydrogens is 242 g/mol. The molecule has 1 aromatic rings. The van der Waals surface area contributed by atoms with Crippen LogP contribution in [-0.2, 0) is 7.05 Å². The van der Waals surface area contributed by atoms with Crippen LogP contribution in [-0.4, -0.2) is 26.9 Å². The molecule has 0 atom stereocenters. The van der Waals surface area contributed by atoms with Gasteiger partial charge in [-0.15, -0.1) is 0 Å². The second-order valence-corrected chi connectivity index (χ2v) is 5.42. The quantitative estimate of drug-likeness (QED) is 0.881. The van der Waals surface area contributed by atoms with Crippen LogP contribution in [0.3, 0.4) is 0 Å². The number of nitrogens with zero attached hydrogens (tertiary/aromatic N) is 2. The third kappa shape index (κ3) is 3.28. The van der Waals surface area contributed by atoms with Crippen molar-refractivity contribution < 1.29 is 9.90 Å². The molecule has 0 bridgehead atoms. The molecular formula is C14H23N3O2. The maximum Gasteiger partial charge on any atom is 0.341 e. The highest BCUT2D eigenvalue weighted by Gasteiger charge is 2.22. The standard InChI is InChI=1S/C14H23N3O2/c1-10-12(14(18)19)13(17(2)16-10)15-11-8-6-4-3-5-7-9-11/h11,15H,3-9H2,1-2H3,(H,18,19). The van der Waals surface area contributed by atoms with E-state index >= 15 is 0 Å². The molecule has 0 amide bonds. The lowest BCUT2D eigenvalue weighted by Gasteiger charge is -2.22. The van der Waals surface area contributed by atoms with Crippen molar-refractivity contribution in [3.63, 3.8) is 0 Å². The van der Waals surface area contributed by atoms with E-state index in [1.807, 2.05) is 0 Å². The minimum Gasteiger partial charge on any atom is -0.477 e. The first-order valence-corrected chi connectivity index (χ1v) is 7.13. The Bertz CT molecular complexity index is 446. The molecule has 0 spiro atoms. The Kier molecular flexibility index (Phi) is 4.45. The summed E-state index contributed by atoms with van der Waals surface area (Å²) in [5, 5.41) is 16.9. The molecule has 1 aromatic heterocycles. The highest BCUT2D eigenvalue weighted by atomic mass is 16.4. The van der Waals surface area contributed by atoms with Crippen molar-refractivity contribution in [3.8, 4) is 0 Å². The highest BCUT2D eigenvalue weighted by molar-refractivity contribution is 5.94. The first kappa shape index (κ1) is 13.9. The zero-order valence-corrected chi connectivity index (χ0v) is 11.8. The molecule has 1 heterocycles.